The van der Waals surface area contributed by atoms with Gasteiger partial charge in [0, 0.05) is 11.8 Å². The maximum atomic E-state index is 11.7. The molecule has 0 aliphatic heterocycles. The van der Waals surface area contributed by atoms with Crippen molar-refractivity contribution in [1.82, 2.24) is 15.4 Å². The van der Waals surface area contributed by atoms with E-state index in [-0.39, 0.29) is 11.6 Å². The molecule has 27 heavy (non-hydrogen) atoms. The third-order valence-electron chi connectivity index (χ3n) is 2.82. The molecular formula is C17H19N5O5. The number of rotatable bonds is 5. The molecule has 3 N–H and O–H groups in total. The van der Waals surface area contributed by atoms with Crippen molar-refractivity contribution >= 4 is 24.0 Å². The lowest BCUT2D eigenvalue weighted by Crippen LogP contribution is -2.27. The Bertz CT molecular complexity index is 830. The van der Waals surface area contributed by atoms with Gasteiger partial charge in [0.1, 0.15) is 29.7 Å². The predicted molar refractivity (Wildman–Crippen MR) is 96.1 cm³/mol. The lowest BCUT2D eigenvalue weighted by Gasteiger charge is -2.19. The molecule has 0 spiro atoms. The molecule has 0 saturated heterocycles. The molecular weight excluding hydrogens is 354 g/mol. The van der Waals surface area contributed by atoms with Crippen LogP contribution in [-0.4, -0.2) is 39.1 Å². The van der Waals surface area contributed by atoms with E-state index in [0.29, 0.717) is 11.4 Å². The normalized spacial score (nSPS) is 11.1. The fourth-order valence-corrected chi connectivity index (χ4v) is 1.81. The van der Waals surface area contributed by atoms with E-state index in [4.69, 9.17) is 14.7 Å². The molecule has 0 fully saturated rings. The molecule has 1 heterocycles. The summed E-state index contributed by atoms with van der Waals surface area (Å²) in [5, 5.41) is 11.0. The highest BCUT2D eigenvalue weighted by Crippen LogP contribution is 2.22. The molecule has 0 aliphatic rings. The first-order valence-corrected chi connectivity index (χ1v) is 7.83. The zero-order valence-corrected chi connectivity index (χ0v) is 15.0. The first kappa shape index (κ1) is 19.8. The van der Waals surface area contributed by atoms with Gasteiger partial charge < -0.3 is 9.47 Å². The molecule has 142 valence electrons. The zero-order valence-electron chi connectivity index (χ0n) is 15.0. The lowest BCUT2D eigenvalue weighted by molar-refractivity contribution is 0.0635. The number of nitrogens with one attached hydrogen (secondary N) is 2. The SMILES string of the molecule is CC(C)(C)OC(=O)Nc1ccc(Oc2cc(C(=O)/N=C/NO)ncn2)cc1. The van der Waals surface area contributed by atoms with Crippen molar-refractivity contribution in [3.05, 3.63) is 42.4 Å². The van der Waals surface area contributed by atoms with Gasteiger partial charge in [-0.25, -0.2) is 14.8 Å². The van der Waals surface area contributed by atoms with Gasteiger partial charge >= 0.3 is 6.09 Å². The molecule has 0 unspecified atom stereocenters. The third kappa shape index (κ3) is 6.71. The minimum atomic E-state index is -0.680. The van der Waals surface area contributed by atoms with E-state index in [2.05, 4.69) is 20.3 Å². The molecule has 2 rings (SSSR count). The van der Waals surface area contributed by atoms with Gasteiger partial charge in [0.05, 0.1) is 0 Å². The smallest absolute Gasteiger partial charge is 0.412 e. The zero-order chi connectivity index (χ0) is 19.9. The summed E-state index contributed by atoms with van der Waals surface area (Å²) in [6.45, 7) is 5.32. The van der Waals surface area contributed by atoms with E-state index in [1.807, 2.05) is 0 Å². The topological polar surface area (TPSA) is 135 Å². The van der Waals surface area contributed by atoms with Crippen molar-refractivity contribution in [2.45, 2.75) is 26.4 Å². The molecule has 0 atom stereocenters. The molecule has 1 aromatic heterocycles. The van der Waals surface area contributed by atoms with Gasteiger partial charge in [0.15, 0.2) is 0 Å². The fourth-order valence-electron chi connectivity index (χ4n) is 1.81. The molecule has 2 amide bonds. The Hall–Kier alpha value is -3.53. The molecule has 10 nitrogen and oxygen atoms in total. The van der Waals surface area contributed by atoms with Crippen LogP contribution in [0.3, 0.4) is 0 Å². The van der Waals surface area contributed by atoms with Crippen molar-refractivity contribution in [3.8, 4) is 11.6 Å². The summed E-state index contributed by atoms with van der Waals surface area (Å²) in [5.41, 5.74) is 1.56. The second-order valence-electron chi connectivity index (χ2n) is 6.19. The van der Waals surface area contributed by atoms with Gasteiger partial charge in [0.25, 0.3) is 5.91 Å². The van der Waals surface area contributed by atoms with Crippen molar-refractivity contribution in [2.24, 2.45) is 4.99 Å². The molecule has 0 saturated carbocycles. The summed E-state index contributed by atoms with van der Waals surface area (Å²) in [7, 11) is 0. The quantitative estimate of drug-likeness (QED) is 0.414. The van der Waals surface area contributed by atoms with Crippen LogP contribution in [0.4, 0.5) is 10.5 Å². The number of anilines is 1. The highest BCUT2D eigenvalue weighted by atomic mass is 16.6. The Labute approximate surface area is 155 Å². The summed E-state index contributed by atoms with van der Waals surface area (Å²) < 4.78 is 10.7. The van der Waals surface area contributed by atoms with Crippen LogP contribution in [0.25, 0.3) is 0 Å². The highest BCUT2D eigenvalue weighted by molar-refractivity contribution is 5.97. The standard InChI is InChI=1S/C17H19N5O5/c1-17(2,3)27-16(24)22-11-4-6-12(7-5-11)26-14-8-13(18-9-19-14)15(23)20-10-21-25/h4-10,25H,1-3H3,(H,22,24)(H,20,21,23). The Kier molecular flexibility index (Phi) is 6.39. The van der Waals surface area contributed by atoms with Crippen LogP contribution in [0.5, 0.6) is 11.6 Å². The summed E-state index contributed by atoms with van der Waals surface area (Å²) in [6, 6.07) is 7.80. The van der Waals surface area contributed by atoms with Crippen LogP contribution in [0, 0.1) is 0 Å². The van der Waals surface area contributed by atoms with Crippen molar-refractivity contribution < 1.29 is 24.3 Å². The maximum Gasteiger partial charge on any atom is 0.412 e. The van der Waals surface area contributed by atoms with Crippen LogP contribution < -0.4 is 15.5 Å². The van der Waals surface area contributed by atoms with E-state index in [9.17, 15) is 9.59 Å². The van der Waals surface area contributed by atoms with Crippen LogP contribution in [0.2, 0.25) is 0 Å². The van der Waals surface area contributed by atoms with Gasteiger partial charge in [-0.15, -0.1) is 0 Å². The van der Waals surface area contributed by atoms with Crippen LogP contribution in [0.15, 0.2) is 41.7 Å². The van der Waals surface area contributed by atoms with Gasteiger partial charge in [0.2, 0.25) is 5.88 Å². The number of ether oxygens (including phenoxy) is 2. The average Bonchev–Trinajstić information content (AvgIpc) is 2.60. The van der Waals surface area contributed by atoms with E-state index in [0.717, 1.165) is 12.7 Å². The number of benzene rings is 1. The molecule has 1 aromatic carbocycles. The van der Waals surface area contributed by atoms with Crippen LogP contribution >= 0.6 is 0 Å². The molecule has 0 bridgehead atoms. The number of hydroxylamine groups is 1. The van der Waals surface area contributed by atoms with Crippen LogP contribution in [-0.2, 0) is 4.74 Å². The van der Waals surface area contributed by atoms with Gasteiger partial charge in [-0.2, -0.15) is 4.99 Å². The fraction of sp³-hybridized carbons (Fsp3) is 0.235. The summed E-state index contributed by atoms with van der Waals surface area (Å²) >= 11 is 0. The lowest BCUT2D eigenvalue weighted by atomic mass is 10.2. The van der Waals surface area contributed by atoms with Gasteiger partial charge in [-0.05, 0) is 45.0 Å². The molecule has 0 radical (unpaired) electrons. The average molecular weight is 373 g/mol. The number of nitrogens with zero attached hydrogens (tertiary/aromatic N) is 3. The van der Waals surface area contributed by atoms with E-state index >= 15 is 0 Å². The molecule has 2 aromatic rings. The monoisotopic (exact) mass is 373 g/mol. The van der Waals surface area contributed by atoms with Crippen molar-refractivity contribution in [1.29, 1.82) is 0 Å². The Balaban J connectivity index is 2.01. The van der Waals surface area contributed by atoms with E-state index in [1.165, 1.54) is 6.07 Å². The summed E-state index contributed by atoms with van der Waals surface area (Å²) in [4.78, 5) is 34.5. The van der Waals surface area contributed by atoms with E-state index < -0.39 is 17.6 Å². The second kappa shape index (κ2) is 8.72. The number of aromatic nitrogens is 2. The second-order valence-corrected chi connectivity index (χ2v) is 6.19. The van der Waals surface area contributed by atoms with Gasteiger partial charge in [-0.1, -0.05) is 0 Å². The Morgan fingerprint density at radius 1 is 1.19 bits per heavy atom. The minimum Gasteiger partial charge on any atom is -0.444 e. The minimum absolute atomic E-state index is 0.00490. The summed E-state index contributed by atoms with van der Waals surface area (Å²) in [6.07, 6.45) is 1.41. The Morgan fingerprint density at radius 3 is 2.52 bits per heavy atom. The third-order valence-corrected chi connectivity index (χ3v) is 2.82. The number of amides is 2. The largest absolute Gasteiger partial charge is 0.444 e. The first-order chi connectivity index (χ1) is 12.8. The molecule has 10 heteroatoms. The predicted octanol–water partition coefficient (Wildman–Crippen LogP) is 2.76. The summed E-state index contributed by atoms with van der Waals surface area (Å²) in [5.74, 6) is -0.114. The van der Waals surface area contributed by atoms with Crippen molar-refractivity contribution in [2.75, 3.05) is 5.32 Å². The van der Waals surface area contributed by atoms with Gasteiger partial charge in [-0.3, -0.25) is 20.8 Å². The molecule has 0 aliphatic carbocycles. The highest BCUT2D eigenvalue weighted by Gasteiger charge is 2.16. The van der Waals surface area contributed by atoms with Crippen molar-refractivity contribution in [3.63, 3.8) is 0 Å². The number of carbonyl (C=O) groups is 2. The Morgan fingerprint density at radius 2 is 1.89 bits per heavy atom. The number of aliphatic imine (C=N–C) groups is 1. The number of carbonyl (C=O) groups excluding carboxylic acids is 2. The number of hydrogen-bond acceptors (Lipinski definition) is 7. The maximum absolute atomic E-state index is 11.7. The number of hydrogen-bond donors (Lipinski definition) is 3. The van der Waals surface area contributed by atoms with Crippen LogP contribution in [0.1, 0.15) is 31.3 Å². The first-order valence-electron chi connectivity index (χ1n) is 7.83. The van der Waals surface area contributed by atoms with E-state index in [1.54, 1.807) is 50.5 Å².